The summed E-state index contributed by atoms with van der Waals surface area (Å²) in [4.78, 5) is 0. The molecule has 1 fully saturated rings. The maximum Gasteiger partial charge on any atom is 0.270 e. The van der Waals surface area contributed by atoms with E-state index < -0.39 is 23.6 Å². The van der Waals surface area contributed by atoms with Crippen LogP contribution in [0.25, 0.3) is 0 Å². The van der Waals surface area contributed by atoms with Gasteiger partial charge in [0, 0.05) is 0 Å². The average Bonchev–Trinajstić information content (AvgIpc) is 2.86. The molecule has 1 aromatic carbocycles. The molecule has 76 valence electrons. The van der Waals surface area contributed by atoms with Crippen LogP contribution in [0.15, 0.2) is 12.1 Å². The van der Waals surface area contributed by atoms with E-state index in [0.29, 0.717) is 5.56 Å². The molecule has 14 heavy (non-hydrogen) atoms. The van der Waals surface area contributed by atoms with E-state index in [1.165, 1.54) is 6.07 Å². The number of alkyl halides is 2. The third-order valence-corrected chi connectivity index (χ3v) is 2.42. The average molecular weight is 202 g/mol. The van der Waals surface area contributed by atoms with Gasteiger partial charge in [-0.25, -0.2) is 13.2 Å². The van der Waals surface area contributed by atoms with E-state index in [1.807, 2.05) is 0 Å². The van der Waals surface area contributed by atoms with Crippen molar-refractivity contribution >= 4 is 0 Å². The molecule has 1 aliphatic carbocycles. The van der Waals surface area contributed by atoms with E-state index in [0.717, 1.165) is 18.9 Å². The molecule has 1 nitrogen and oxygen atoms in total. The van der Waals surface area contributed by atoms with Crippen molar-refractivity contribution in [3.63, 3.8) is 0 Å². The highest BCUT2D eigenvalue weighted by Crippen LogP contribution is 2.44. The van der Waals surface area contributed by atoms with E-state index >= 15 is 0 Å². The lowest BCUT2D eigenvalue weighted by Gasteiger charge is -2.08. The van der Waals surface area contributed by atoms with Gasteiger partial charge in [-0.15, -0.1) is 0 Å². The molecule has 0 saturated heterocycles. The Kier molecular flexibility index (Phi) is 2.13. The molecular weight excluding hydrogens is 193 g/mol. The van der Waals surface area contributed by atoms with Crippen molar-refractivity contribution in [3.05, 3.63) is 29.1 Å². The monoisotopic (exact) mass is 202 g/mol. The van der Waals surface area contributed by atoms with Gasteiger partial charge in [0.2, 0.25) is 0 Å². The van der Waals surface area contributed by atoms with E-state index in [-0.39, 0.29) is 5.92 Å². The zero-order chi connectivity index (χ0) is 10.3. The fourth-order valence-corrected chi connectivity index (χ4v) is 1.52. The Morgan fingerprint density at radius 1 is 1.29 bits per heavy atom. The summed E-state index contributed by atoms with van der Waals surface area (Å²) in [5.74, 6) is -1.54. The van der Waals surface area contributed by atoms with Gasteiger partial charge in [-0.3, -0.25) is 0 Å². The van der Waals surface area contributed by atoms with Crippen LogP contribution in [0, 0.1) is 5.82 Å². The van der Waals surface area contributed by atoms with Crippen molar-refractivity contribution in [2.45, 2.75) is 25.2 Å². The van der Waals surface area contributed by atoms with Crippen LogP contribution in [0.2, 0.25) is 0 Å². The SMILES string of the molecule is Oc1ccc(C2CC2)c(F)c1C(F)F. The molecule has 0 aliphatic heterocycles. The Hall–Kier alpha value is -1.19. The third kappa shape index (κ3) is 1.45. The minimum absolute atomic E-state index is 0.0631. The number of hydrogen-bond acceptors (Lipinski definition) is 1. The zero-order valence-corrected chi connectivity index (χ0v) is 7.30. The Balaban J connectivity index is 2.50. The lowest BCUT2D eigenvalue weighted by Crippen LogP contribution is -1.96. The predicted molar refractivity (Wildman–Crippen MR) is 45.0 cm³/mol. The van der Waals surface area contributed by atoms with Crippen LogP contribution < -0.4 is 0 Å². The fraction of sp³-hybridized carbons (Fsp3) is 0.400. The Morgan fingerprint density at radius 3 is 2.43 bits per heavy atom. The fourth-order valence-electron chi connectivity index (χ4n) is 1.52. The summed E-state index contributed by atoms with van der Waals surface area (Å²) in [5.41, 5.74) is -0.562. The Labute approximate surface area is 79.2 Å². The third-order valence-electron chi connectivity index (χ3n) is 2.42. The predicted octanol–water partition coefficient (Wildman–Crippen LogP) is 3.35. The van der Waals surface area contributed by atoms with Crippen LogP contribution in [0.5, 0.6) is 5.75 Å². The number of benzene rings is 1. The smallest absolute Gasteiger partial charge is 0.270 e. The highest BCUT2D eigenvalue weighted by atomic mass is 19.3. The molecule has 2 rings (SSSR count). The number of hydrogen-bond donors (Lipinski definition) is 1. The quantitative estimate of drug-likeness (QED) is 0.779. The number of halogens is 3. The first-order chi connectivity index (χ1) is 6.61. The topological polar surface area (TPSA) is 20.2 Å². The highest BCUT2D eigenvalue weighted by molar-refractivity contribution is 5.41. The lowest BCUT2D eigenvalue weighted by atomic mass is 10.1. The molecule has 0 heterocycles. The summed E-state index contributed by atoms with van der Waals surface area (Å²) < 4.78 is 38.1. The maximum absolute atomic E-state index is 13.4. The molecule has 0 radical (unpaired) electrons. The lowest BCUT2D eigenvalue weighted by molar-refractivity contribution is 0.142. The van der Waals surface area contributed by atoms with Gasteiger partial charge >= 0.3 is 0 Å². The van der Waals surface area contributed by atoms with Gasteiger partial charge in [0.25, 0.3) is 6.43 Å². The molecule has 0 spiro atoms. The molecule has 0 aromatic heterocycles. The molecule has 1 aromatic rings. The van der Waals surface area contributed by atoms with Gasteiger partial charge in [0.1, 0.15) is 11.6 Å². The van der Waals surface area contributed by atoms with Crippen molar-refractivity contribution in [2.24, 2.45) is 0 Å². The highest BCUT2D eigenvalue weighted by Gasteiger charge is 2.30. The van der Waals surface area contributed by atoms with Crippen LogP contribution in [0.4, 0.5) is 13.2 Å². The van der Waals surface area contributed by atoms with Crippen molar-refractivity contribution in [1.82, 2.24) is 0 Å². The summed E-state index contributed by atoms with van der Waals surface area (Å²) in [5, 5.41) is 9.07. The van der Waals surface area contributed by atoms with Gasteiger partial charge in [-0.1, -0.05) is 6.07 Å². The maximum atomic E-state index is 13.4. The summed E-state index contributed by atoms with van der Waals surface area (Å²) >= 11 is 0. The molecule has 0 atom stereocenters. The molecule has 0 bridgehead atoms. The van der Waals surface area contributed by atoms with Gasteiger partial charge in [0.15, 0.2) is 0 Å². The minimum atomic E-state index is -2.96. The zero-order valence-electron chi connectivity index (χ0n) is 7.30. The number of phenols is 1. The van der Waals surface area contributed by atoms with Crippen LogP contribution in [-0.4, -0.2) is 5.11 Å². The molecule has 1 N–H and O–H groups in total. The first-order valence-corrected chi connectivity index (χ1v) is 4.40. The summed E-state index contributed by atoms with van der Waals surface area (Å²) in [7, 11) is 0. The van der Waals surface area contributed by atoms with Gasteiger partial charge in [-0.2, -0.15) is 0 Å². The van der Waals surface area contributed by atoms with E-state index in [9.17, 15) is 13.2 Å². The van der Waals surface area contributed by atoms with Crippen molar-refractivity contribution in [3.8, 4) is 5.75 Å². The van der Waals surface area contributed by atoms with E-state index in [2.05, 4.69) is 0 Å². The molecule has 0 amide bonds. The van der Waals surface area contributed by atoms with Crippen molar-refractivity contribution < 1.29 is 18.3 Å². The normalized spacial score (nSPS) is 16.3. The van der Waals surface area contributed by atoms with Gasteiger partial charge in [-0.05, 0) is 30.4 Å². The summed E-state index contributed by atoms with van der Waals surface area (Å²) in [6, 6.07) is 2.52. The van der Waals surface area contributed by atoms with Crippen molar-refractivity contribution in [1.29, 1.82) is 0 Å². The second-order valence-corrected chi connectivity index (χ2v) is 3.48. The van der Waals surface area contributed by atoms with E-state index in [1.54, 1.807) is 0 Å². The summed E-state index contributed by atoms with van der Waals surface area (Å²) in [6.07, 6.45) is -1.29. The molecule has 4 heteroatoms. The van der Waals surface area contributed by atoms with Gasteiger partial charge in [0.05, 0.1) is 5.56 Å². The largest absolute Gasteiger partial charge is 0.507 e. The Bertz CT molecular complexity index is 359. The second-order valence-electron chi connectivity index (χ2n) is 3.48. The first kappa shape index (κ1) is 9.37. The van der Waals surface area contributed by atoms with Crippen molar-refractivity contribution in [2.75, 3.05) is 0 Å². The van der Waals surface area contributed by atoms with Crippen LogP contribution >= 0.6 is 0 Å². The van der Waals surface area contributed by atoms with Crippen LogP contribution in [-0.2, 0) is 0 Å². The number of phenolic OH excluding ortho intramolecular Hbond substituents is 1. The number of aromatic hydroxyl groups is 1. The van der Waals surface area contributed by atoms with Crippen LogP contribution in [0.1, 0.15) is 36.3 Å². The molecule has 0 unspecified atom stereocenters. The number of rotatable bonds is 2. The Morgan fingerprint density at radius 2 is 1.93 bits per heavy atom. The van der Waals surface area contributed by atoms with Crippen LogP contribution in [0.3, 0.4) is 0 Å². The minimum Gasteiger partial charge on any atom is -0.507 e. The molecule has 1 saturated carbocycles. The standard InChI is InChI=1S/C10H9F3O/c11-9-6(5-1-2-5)3-4-7(14)8(9)10(12)13/h3-5,10,14H,1-2H2. The summed E-state index contributed by atoms with van der Waals surface area (Å²) in [6.45, 7) is 0. The molecular formula is C10H9F3O. The van der Waals surface area contributed by atoms with E-state index in [4.69, 9.17) is 5.11 Å². The second kappa shape index (κ2) is 3.19. The van der Waals surface area contributed by atoms with Gasteiger partial charge < -0.3 is 5.11 Å². The molecule has 1 aliphatic rings. The first-order valence-electron chi connectivity index (χ1n) is 4.40.